The maximum absolute atomic E-state index is 10.9. The van der Waals surface area contributed by atoms with E-state index in [1.54, 1.807) is 24.4 Å². The molecule has 4 heteroatoms. The summed E-state index contributed by atoms with van der Waals surface area (Å²) in [5.41, 5.74) is 0. The lowest BCUT2D eigenvalue weighted by Crippen LogP contribution is -2.27. The molecule has 1 rings (SSSR count). The van der Waals surface area contributed by atoms with Gasteiger partial charge >= 0.3 is 0 Å². The van der Waals surface area contributed by atoms with Crippen molar-refractivity contribution >= 4 is 11.7 Å². The average molecular weight is 166 g/mol. The molecule has 0 radical (unpaired) electrons. The zero-order valence-corrected chi connectivity index (χ0v) is 7.02. The molecule has 64 valence electrons. The summed E-state index contributed by atoms with van der Waals surface area (Å²) in [5, 5.41) is 1.12. The molecule has 0 aliphatic heterocycles. The van der Waals surface area contributed by atoms with Crippen LogP contribution in [0.15, 0.2) is 24.4 Å². The van der Waals surface area contributed by atoms with Crippen LogP contribution in [0.25, 0.3) is 0 Å². The van der Waals surface area contributed by atoms with Gasteiger partial charge in [-0.3, -0.25) is 9.63 Å². The second-order valence-corrected chi connectivity index (χ2v) is 2.18. The number of carbonyl (C=O) groups is 1. The topological polar surface area (TPSA) is 42.4 Å². The summed E-state index contributed by atoms with van der Waals surface area (Å²) < 4.78 is 0. The lowest BCUT2D eigenvalue weighted by molar-refractivity contribution is -0.122. The van der Waals surface area contributed by atoms with Crippen LogP contribution in [0.3, 0.4) is 0 Å². The monoisotopic (exact) mass is 166 g/mol. The van der Waals surface area contributed by atoms with E-state index in [4.69, 9.17) is 4.84 Å². The van der Waals surface area contributed by atoms with Gasteiger partial charge in [0.1, 0.15) is 0 Å². The van der Waals surface area contributed by atoms with Crippen molar-refractivity contribution in [3.63, 3.8) is 0 Å². The number of aromatic nitrogens is 1. The van der Waals surface area contributed by atoms with Gasteiger partial charge in [0, 0.05) is 13.1 Å². The highest BCUT2D eigenvalue weighted by molar-refractivity contribution is 5.88. The molecular weight excluding hydrogens is 156 g/mol. The lowest BCUT2D eigenvalue weighted by atomic mass is 10.4. The number of pyridine rings is 1. The third kappa shape index (κ3) is 1.79. The third-order valence-electron chi connectivity index (χ3n) is 1.33. The van der Waals surface area contributed by atoms with E-state index in [0.29, 0.717) is 5.82 Å². The summed E-state index contributed by atoms with van der Waals surface area (Å²) in [6, 6.07) is 5.26. The molecular formula is C8H10N2O2. The Morgan fingerprint density at radius 1 is 1.58 bits per heavy atom. The highest BCUT2D eigenvalue weighted by Crippen LogP contribution is 2.08. The van der Waals surface area contributed by atoms with E-state index < -0.39 is 0 Å². The molecule has 0 N–H and O–H groups in total. The Morgan fingerprint density at radius 2 is 2.33 bits per heavy atom. The first-order valence-corrected chi connectivity index (χ1v) is 3.51. The van der Waals surface area contributed by atoms with Gasteiger partial charge in [-0.1, -0.05) is 6.07 Å². The standard InChI is InChI=1S/C8H10N2O2/c1-7(11)10(12-2)8-5-3-4-6-9-8/h3-6H,1-2H3. The van der Waals surface area contributed by atoms with Crippen molar-refractivity contribution in [2.45, 2.75) is 6.92 Å². The summed E-state index contributed by atoms with van der Waals surface area (Å²) in [6.07, 6.45) is 1.60. The Balaban J connectivity index is 2.88. The fourth-order valence-corrected chi connectivity index (χ4v) is 0.857. The molecule has 4 nitrogen and oxygen atoms in total. The first-order chi connectivity index (χ1) is 5.75. The van der Waals surface area contributed by atoms with Crippen LogP contribution in [0, 0.1) is 0 Å². The summed E-state index contributed by atoms with van der Waals surface area (Å²) in [5.74, 6) is 0.295. The van der Waals surface area contributed by atoms with Crippen molar-refractivity contribution in [3.8, 4) is 0 Å². The predicted octanol–water partition coefficient (Wildman–Crippen LogP) is 0.996. The maximum atomic E-state index is 10.9. The maximum Gasteiger partial charge on any atom is 0.249 e. The Hall–Kier alpha value is -1.42. The molecule has 0 aliphatic carbocycles. The zero-order chi connectivity index (χ0) is 8.97. The van der Waals surface area contributed by atoms with Crippen LogP contribution >= 0.6 is 0 Å². The Morgan fingerprint density at radius 3 is 2.75 bits per heavy atom. The van der Waals surface area contributed by atoms with Gasteiger partial charge in [0.05, 0.1) is 7.11 Å². The first-order valence-electron chi connectivity index (χ1n) is 3.51. The van der Waals surface area contributed by atoms with E-state index in [9.17, 15) is 4.79 Å². The van der Waals surface area contributed by atoms with Crippen molar-refractivity contribution < 1.29 is 9.63 Å². The van der Waals surface area contributed by atoms with Crippen molar-refractivity contribution in [1.29, 1.82) is 0 Å². The average Bonchev–Trinajstić information content (AvgIpc) is 2.07. The van der Waals surface area contributed by atoms with Gasteiger partial charge in [0.2, 0.25) is 5.91 Å². The fourth-order valence-electron chi connectivity index (χ4n) is 0.857. The largest absolute Gasteiger partial charge is 0.272 e. The minimum Gasteiger partial charge on any atom is -0.272 e. The van der Waals surface area contributed by atoms with Crippen LogP contribution in [-0.4, -0.2) is 18.0 Å². The molecule has 12 heavy (non-hydrogen) atoms. The number of carbonyl (C=O) groups excluding carboxylic acids is 1. The lowest BCUT2D eigenvalue weighted by Gasteiger charge is -2.15. The van der Waals surface area contributed by atoms with Crippen molar-refractivity contribution in [2.24, 2.45) is 0 Å². The second kappa shape index (κ2) is 3.82. The summed E-state index contributed by atoms with van der Waals surface area (Å²) >= 11 is 0. The van der Waals surface area contributed by atoms with Gasteiger partial charge in [-0.15, -0.1) is 0 Å². The molecule has 0 aliphatic rings. The minimum absolute atomic E-state index is 0.198. The summed E-state index contributed by atoms with van der Waals surface area (Å²) in [4.78, 5) is 19.7. The van der Waals surface area contributed by atoms with Gasteiger partial charge in [0.25, 0.3) is 0 Å². The molecule has 1 aromatic rings. The van der Waals surface area contributed by atoms with Gasteiger partial charge < -0.3 is 0 Å². The molecule has 1 amide bonds. The van der Waals surface area contributed by atoms with E-state index in [-0.39, 0.29) is 5.91 Å². The highest BCUT2D eigenvalue weighted by Gasteiger charge is 2.10. The quantitative estimate of drug-likeness (QED) is 0.615. The third-order valence-corrected chi connectivity index (χ3v) is 1.33. The molecule has 0 bridgehead atoms. The van der Waals surface area contributed by atoms with Crippen LogP contribution < -0.4 is 5.06 Å². The Bertz CT molecular complexity index is 261. The van der Waals surface area contributed by atoms with E-state index >= 15 is 0 Å². The highest BCUT2D eigenvalue weighted by atomic mass is 16.7. The smallest absolute Gasteiger partial charge is 0.249 e. The first kappa shape index (κ1) is 8.67. The molecule has 0 spiro atoms. The van der Waals surface area contributed by atoms with Gasteiger partial charge in [-0.2, -0.15) is 5.06 Å². The van der Waals surface area contributed by atoms with Gasteiger partial charge in [-0.05, 0) is 12.1 Å². The number of amides is 1. The number of nitrogens with zero attached hydrogens (tertiary/aromatic N) is 2. The van der Waals surface area contributed by atoms with E-state index in [1.165, 1.54) is 14.0 Å². The molecule has 0 saturated heterocycles. The zero-order valence-electron chi connectivity index (χ0n) is 7.02. The van der Waals surface area contributed by atoms with Crippen LogP contribution in [0.4, 0.5) is 5.82 Å². The fraction of sp³-hybridized carbons (Fsp3) is 0.250. The number of anilines is 1. The minimum atomic E-state index is -0.198. The van der Waals surface area contributed by atoms with E-state index in [0.717, 1.165) is 5.06 Å². The van der Waals surface area contributed by atoms with Gasteiger partial charge in [0.15, 0.2) is 5.82 Å². The number of hydroxylamine groups is 1. The summed E-state index contributed by atoms with van der Waals surface area (Å²) in [6.45, 7) is 1.41. The molecule has 0 atom stereocenters. The number of rotatable bonds is 2. The van der Waals surface area contributed by atoms with E-state index in [2.05, 4.69) is 4.98 Å². The van der Waals surface area contributed by atoms with Crippen molar-refractivity contribution in [2.75, 3.05) is 12.2 Å². The van der Waals surface area contributed by atoms with E-state index in [1.807, 2.05) is 0 Å². The number of hydrogen-bond acceptors (Lipinski definition) is 3. The van der Waals surface area contributed by atoms with Crippen LogP contribution in [-0.2, 0) is 9.63 Å². The van der Waals surface area contributed by atoms with Crippen molar-refractivity contribution in [3.05, 3.63) is 24.4 Å². The second-order valence-electron chi connectivity index (χ2n) is 2.18. The summed E-state index contributed by atoms with van der Waals surface area (Å²) in [7, 11) is 1.43. The SMILES string of the molecule is CON(C(C)=O)c1ccccn1. The molecule has 1 heterocycles. The van der Waals surface area contributed by atoms with Crippen LogP contribution in [0.1, 0.15) is 6.92 Å². The predicted molar refractivity (Wildman–Crippen MR) is 44.4 cm³/mol. The number of hydrogen-bond donors (Lipinski definition) is 0. The Kier molecular flexibility index (Phi) is 2.76. The normalized spacial score (nSPS) is 9.50. The molecule has 0 fully saturated rings. The molecule has 0 unspecified atom stereocenters. The molecule has 0 aromatic carbocycles. The van der Waals surface area contributed by atoms with Crippen LogP contribution in [0.5, 0.6) is 0 Å². The molecule has 1 aromatic heterocycles. The Labute approximate surface area is 70.7 Å². The van der Waals surface area contributed by atoms with Crippen molar-refractivity contribution in [1.82, 2.24) is 4.98 Å². The van der Waals surface area contributed by atoms with Crippen LogP contribution in [0.2, 0.25) is 0 Å². The van der Waals surface area contributed by atoms with Gasteiger partial charge in [-0.25, -0.2) is 4.98 Å². The molecule has 0 saturated carbocycles.